The fourth-order valence-electron chi connectivity index (χ4n) is 2.89. The molecule has 1 heterocycles. The zero-order chi connectivity index (χ0) is 19.2. The van der Waals surface area contributed by atoms with Gasteiger partial charge in [0.15, 0.2) is 0 Å². The van der Waals surface area contributed by atoms with Gasteiger partial charge in [-0.2, -0.15) is 9.97 Å². The van der Waals surface area contributed by atoms with Crippen LogP contribution in [0.15, 0.2) is 30.4 Å². The molecular formula is C20H26N4O3. The summed E-state index contributed by atoms with van der Waals surface area (Å²) in [6.45, 7) is 2.16. The highest BCUT2D eigenvalue weighted by molar-refractivity contribution is 6.06. The van der Waals surface area contributed by atoms with Crippen molar-refractivity contribution in [2.75, 3.05) is 46.3 Å². The minimum absolute atomic E-state index is 0.166. The van der Waals surface area contributed by atoms with Crippen LogP contribution in [0, 0.1) is 0 Å². The molecule has 1 N–H and O–H groups in total. The van der Waals surface area contributed by atoms with Crippen LogP contribution in [0.4, 0.5) is 5.69 Å². The Hall–Kier alpha value is -2.51. The fourth-order valence-corrected chi connectivity index (χ4v) is 2.89. The van der Waals surface area contributed by atoms with Crippen LogP contribution in [0.1, 0.15) is 24.5 Å². The number of carbonyl (C=O) groups excluding carboxylic acids is 1. The van der Waals surface area contributed by atoms with Crippen molar-refractivity contribution >= 4 is 22.5 Å². The maximum absolute atomic E-state index is 12.4. The molecule has 27 heavy (non-hydrogen) atoms. The van der Waals surface area contributed by atoms with Gasteiger partial charge in [0.2, 0.25) is 5.91 Å². The van der Waals surface area contributed by atoms with Crippen LogP contribution in [-0.4, -0.2) is 61.7 Å². The lowest BCUT2D eigenvalue weighted by Crippen LogP contribution is -2.23. The molecule has 7 heteroatoms. The SMILES string of the molecule is COCCN(C)CC=CC(=O)Nc1cccc2nc(OC)nc(C3CC3)c12. The van der Waals surface area contributed by atoms with Crippen molar-refractivity contribution in [3.8, 4) is 6.01 Å². The molecule has 144 valence electrons. The van der Waals surface area contributed by atoms with Crippen LogP contribution in [0.2, 0.25) is 0 Å². The lowest BCUT2D eigenvalue weighted by Gasteiger charge is -2.13. The molecule has 1 aliphatic carbocycles. The number of hydrogen-bond acceptors (Lipinski definition) is 6. The van der Waals surface area contributed by atoms with Crippen LogP contribution >= 0.6 is 0 Å². The number of carbonyl (C=O) groups is 1. The van der Waals surface area contributed by atoms with Crippen molar-refractivity contribution in [3.63, 3.8) is 0 Å². The van der Waals surface area contributed by atoms with E-state index in [-0.39, 0.29) is 5.91 Å². The van der Waals surface area contributed by atoms with Gasteiger partial charge in [0.1, 0.15) is 0 Å². The summed E-state index contributed by atoms with van der Waals surface area (Å²) >= 11 is 0. The van der Waals surface area contributed by atoms with Crippen molar-refractivity contribution in [3.05, 3.63) is 36.0 Å². The summed E-state index contributed by atoms with van der Waals surface area (Å²) in [5, 5.41) is 3.88. The maximum Gasteiger partial charge on any atom is 0.316 e. The van der Waals surface area contributed by atoms with Gasteiger partial charge < -0.3 is 19.7 Å². The number of anilines is 1. The average Bonchev–Trinajstić information content (AvgIpc) is 3.50. The predicted molar refractivity (Wildman–Crippen MR) is 105 cm³/mol. The number of methoxy groups -OCH3 is 2. The van der Waals surface area contributed by atoms with Crippen LogP contribution < -0.4 is 10.1 Å². The highest BCUT2D eigenvalue weighted by atomic mass is 16.5. The second kappa shape index (κ2) is 8.92. The number of benzene rings is 1. The summed E-state index contributed by atoms with van der Waals surface area (Å²) in [5.41, 5.74) is 2.47. The Balaban J connectivity index is 1.76. The van der Waals surface area contributed by atoms with E-state index in [9.17, 15) is 4.79 Å². The average molecular weight is 370 g/mol. The number of rotatable bonds is 9. The number of nitrogens with zero attached hydrogens (tertiary/aromatic N) is 3. The smallest absolute Gasteiger partial charge is 0.316 e. The van der Waals surface area contributed by atoms with E-state index >= 15 is 0 Å². The first-order chi connectivity index (χ1) is 13.1. The van der Waals surface area contributed by atoms with E-state index in [1.165, 1.54) is 0 Å². The number of hydrogen-bond donors (Lipinski definition) is 1. The molecule has 1 saturated carbocycles. The topological polar surface area (TPSA) is 76.6 Å². The molecule has 1 aliphatic rings. The molecule has 1 fully saturated rings. The first kappa shape index (κ1) is 19.3. The quantitative estimate of drug-likeness (QED) is 0.684. The van der Waals surface area contributed by atoms with Gasteiger partial charge in [-0.25, -0.2) is 0 Å². The fraction of sp³-hybridized carbons (Fsp3) is 0.450. The highest BCUT2D eigenvalue weighted by Gasteiger charge is 2.29. The van der Waals surface area contributed by atoms with Crippen molar-refractivity contribution in [1.82, 2.24) is 14.9 Å². The van der Waals surface area contributed by atoms with Gasteiger partial charge in [0, 0.05) is 37.6 Å². The number of ether oxygens (including phenoxy) is 2. The minimum atomic E-state index is -0.166. The minimum Gasteiger partial charge on any atom is -0.467 e. The van der Waals surface area contributed by atoms with Gasteiger partial charge in [-0.15, -0.1) is 0 Å². The zero-order valence-electron chi connectivity index (χ0n) is 16.1. The summed E-state index contributed by atoms with van der Waals surface area (Å²) < 4.78 is 10.3. The van der Waals surface area contributed by atoms with Gasteiger partial charge in [0.05, 0.1) is 30.6 Å². The van der Waals surface area contributed by atoms with Gasteiger partial charge in [0.25, 0.3) is 0 Å². The van der Waals surface area contributed by atoms with Crippen LogP contribution in [-0.2, 0) is 9.53 Å². The first-order valence-electron chi connectivity index (χ1n) is 9.12. The second-order valence-corrected chi connectivity index (χ2v) is 6.72. The Bertz CT molecular complexity index is 833. The third-order valence-electron chi connectivity index (χ3n) is 4.50. The predicted octanol–water partition coefficient (Wildman–Crippen LogP) is 2.59. The standard InChI is InChI=1S/C20H26N4O3/c1-24(12-13-26-2)11-5-8-17(25)21-15-6-4-7-16-18(15)19(14-9-10-14)23-20(22-16)27-3/h4-8,14H,9-13H2,1-3H3,(H,21,25). The van der Waals surface area contributed by atoms with Gasteiger partial charge in [-0.05, 0) is 32.0 Å². The number of aromatic nitrogens is 2. The second-order valence-electron chi connectivity index (χ2n) is 6.72. The zero-order valence-corrected chi connectivity index (χ0v) is 16.1. The molecule has 0 radical (unpaired) electrons. The molecule has 1 amide bonds. The molecule has 1 aromatic carbocycles. The van der Waals surface area contributed by atoms with E-state index in [0.29, 0.717) is 25.1 Å². The van der Waals surface area contributed by atoms with E-state index in [1.54, 1.807) is 20.3 Å². The summed E-state index contributed by atoms with van der Waals surface area (Å²) in [5.74, 6) is 0.243. The first-order valence-corrected chi connectivity index (χ1v) is 9.12. The molecule has 0 unspecified atom stereocenters. The molecule has 0 bridgehead atoms. The lowest BCUT2D eigenvalue weighted by atomic mass is 10.1. The van der Waals surface area contributed by atoms with Crippen LogP contribution in [0.3, 0.4) is 0 Å². The molecule has 1 aromatic heterocycles. The molecule has 0 spiro atoms. The summed E-state index contributed by atoms with van der Waals surface area (Å²) in [4.78, 5) is 23.4. The summed E-state index contributed by atoms with van der Waals surface area (Å²) in [6, 6.07) is 6.05. The largest absolute Gasteiger partial charge is 0.467 e. The summed E-state index contributed by atoms with van der Waals surface area (Å²) in [7, 11) is 5.23. The van der Waals surface area contributed by atoms with E-state index in [0.717, 1.165) is 41.7 Å². The van der Waals surface area contributed by atoms with Crippen LogP contribution in [0.5, 0.6) is 6.01 Å². The lowest BCUT2D eigenvalue weighted by molar-refractivity contribution is -0.111. The van der Waals surface area contributed by atoms with Crippen molar-refractivity contribution in [1.29, 1.82) is 0 Å². The van der Waals surface area contributed by atoms with Crippen molar-refractivity contribution < 1.29 is 14.3 Å². The molecule has 2 aromatic rings. The van der Waals surface area contributed by atoms with Crippen molar-refractivity contribution in [2.45, 2.75) is 18.8 Å². The Kier molecular flexibility index (Phi) is 6.36. The molecule has 0 aliphatic heterocycles. The number of nitrogens with one attached hydrogen (secondary N) is 1. The number of fused-ring (bicyclic) bond motifs is 1. The molecule has 3 rings (SSSR count). The van der Waals surface area contributed by atoms with E-state index in [4.69, 9.17) is 9.47 Å². The normalized spacial score (nSPS) is 14.2. The van der Waals surface area contributed by atoms with Crippen molar-refractivity contribution in [2.24, 2.45) is 0 Å². The van der Waals surface area contributed by atoms with Gasteiger partial charge in [-0.1, -0.05) is 12.1 Å². The Morgan fingerprint density at radius 2 is 2.15 bits per heavy atom. The third-order valence-corrected chi connectivity index (χ3v) is 4.50. The van der Waals surface area contributed by atoms with Gasteiger partial charge in [-0.3, -0.25) is 4.79 Å². The van der Waals surface area contributed by atoms with Crippen LogP contribution in [0.25, 0.3) is 10.9 Å². The van der Waals surface area contributed by atoms with Gasteiger partial charge >= 0.3 is 6.01 Å². The molecule has 7 nitrogen and oxygen atoms in total. The van der Waals surface area contributed by atoms with E-state index in [1.807, 2.05) is 31.3 Å². The molecule has 0 atom stereocenters. The third kappa shape index (κ3) is 5.02. The number of amides is 1. The monoisotopic (exact) mass is 370 g/mol. The Labute approximate surface area is 159 Å². The maximum atomic E-state index is 12.4. The number of likely N-dealkylation sites (N-methyl/N-ethyl adjacent to an activating group) is 1. The van der Waals surface area contributed by atoms with E-state index in [2.05, 4.69) is 20.2 Å². The Morgan fingerprint density at radius 1 is 1.33 bits per heavy atom. The Morgan fingerprint density at radius 3 is 2.85 bits per heavy atom. The molecular weight excluding hydrogens is 344 g/mol. The summed E-state index contributed by atoms with van der Waals surface area (Å²) in [6.07, 6.45) is 5.61. The molecule has 0 saturated heterocycles. The highest BCUT2D eigenvalue weighted by Crippen LogP contribution is 2.44. The van der Waals surface area contributed by atoms with E-state index < -0.39 is 0 Å².